The van der Waals surface area contributed by atoms with Crippen LogP contribution in [0.5, 0.6) is 0 Å². The van der Waals surface area contributed by atoms with Crippen LogP contribution < -0.4 is 4.90 Å². The third-order valence-electron chi connectivity index (χ3n) is 6.27. The summed E-state index contributed by atoms with van der Waals surface area (Å²) in [6, 6.07) is 5.89. The first-order chi connectivity index (χ1) is 15.4. The maximum atomic E-state index is 13.5. The molecular weight excluding hydrogens is 504 g/mol. The standard InChI is InChI=1S/C25H33BrN2O2S2/c1-4-7-9-10-14-27-20-13-12-18(26)15-19(20)21(23(27)29)22-24(30)28(25(31)32-22)16-17(6-3)11-8-5-2/h12-13,15,17H,4-11,14,16H2,1-3H3/b22-21-/t17-/m0/s1. The van der Waals surface area contributed by atoms with Crippen molar-refractivity contribution in [3.05, 3.63) is 33.1 Å². The van der Waals surface area contributed by atoms with Gasteiger partial charge in [0.15, 0.2) is 0 Å². The van der Waals surface area contributed by atoms with Crippen LogP contribution in [-0.2, 0) is 9.59 Å². The van der Waals surface area contributed by atoms with Gasteiger partial charge >= 0.3 is 0 Å². The van der Waals surface area contributed by atoms with Crippen LogP contribution in [0.2, 0.25) is 0 Å². The molecule has 1 aromatic carbocycles. The number of amides is 2. The van der Waals surface area contributed by atoms with Gasteiger partial charge in [0.1, 0.15) is 4.32 Å². The topological polar surface area (TPSA) is 40.6 Å². The summed E-state index contributed by atoms with van der Waals surface area (Å²) in [6.07, 6.45) is 8.78. The van der Waals surface area contributed by atoms with Gasteiger partial charge in [-0.3, -0.25) is 14.5 Å². The molecule has 2 aliphatic heterocycles. The van der Waals surface area contributed by atoms with E-state index in [4.69, 9.17) is 12.2 Å². The van der Waals surface area contributed by atoms with Crippen LogP contribution in [0.25, 0.3) is 5.57 Å². The Bertz CT molecular complexity index is 915. The molecule has 0 saturated carbocycles. The summed E-state index contributed by atoms with van der Waals surface area (Å²) in [5, 5.41) is 0. The number of halogens is 1. The summed E-state index contributed by atoms with van der Waals surface area (Å²) >= 11 is 10.4. The third kappa shape index (κ3) is 5.48. The van der Waals surface area contributed by atoms with Crippen molar-refractivity contribution in [3.8, 4) is 0 Å². The molecule has 0 spiro atoms. The van der Waals surface area contributed by atoms with Crippen molar-refractivity contribution in [2.24, 2.45) is 5.92 Å². The number of hydrogen-bond acceptors (Lipinski definition) is 4. The molecule has 2 amide bonds. The minimum Gasteiger partial charge on any atom is -0.308 e. The summed E-state index contributed by atoms with van der Waals surface area (Å²) < 4.78 is 1.47. The molecule has 0 N–H and O–H groups in total. The van der Waals surface area contributed by atoms with Crippen LogP contribution in [0, 0.1) is 5.92 Å². The van der Waals surface area contributed by atoms with Crippen molar-refractivity contribution in [2.75, 3.05) is 18.0 Å². The molecule has 0 bridgehead atoms. The van der Waals surface area contributed by atoms with Gasteiger partial charge in [0.25, 0.3) is 11.8 Å². The number of carbonyl (C=O) groups is 2. The monoisotopic (exact) mass is 536 g/mol. The molecule has 174 valence electrons. The number of hydrogen-bond donors (Lipinski definition) is 0. The average molecular weight is 538 g/mol. The first kappa shape index (κ1) is 25.4. The number of carbonyl (C=O) groups excluding carboxylic acids is 2. The minimum absolute atomic E-state index is 0.0758. The van der Waals surface area contributed by atoms with E-state index in [2.05, 4.69) is 36.7 Å². The van der Waals surface area contributed by atoms with Crippen LogP contribution >= 0.6 is 39.9 Å². The number of thioether (sulfide) groups is 1. The van der Waals surface area contributed by atoms with Crippen molar-refractivity contribution in [1.29, 1.82) is 0 Å². The molecule has 2 aliphatic rings. The molecule has 0 unspecified atom stereocenters. The van der Waals surface area contributed by atoms with Crippen molar-refractivity contribution in [3.63, 3.8) is 0 Å². The van der Waals surface area contributed by atoms with Crippen molar-refractivity contribution < 1.29 is 9.59 Å². The highest BCUT2D eigenvalue weighted by Gasteiger charge is 2.42. The molecule has 3 rings (SSSR count). The first-order valence-electron chi connectivity index (χ1n) is 11.8. The highest BCUT2D eigenvalue weighted by molar-refractivity contribution is 9.10. The molecule has 0 aliphatic carbocycles. The van der Waals surface area contributed by atoms with Gasteiger partial charge in [-0.15, -0.1) is 0 Å². The molecule has 1 saturated heterocycles. The molecule has 32 heavy (non-hydrogen) atoms. The zero-order valence-electron chi connectivity index (χ0n) is 19.3. The Morgan fingerprint density at radius 3 is 2.44 bits per heavy atom. The molecule has 0 radical (unpaired) electrons. The van der Waals surface area contributed by atoms with E-state index in [0.717, 1.165) is 67.1 Å². The summed E-state index contributed by atoms with van der Waals surface area (Å²) in [7, 11) is 0. The Morgan fingerprint density at radius 2 is 1.75 bits per heavy atom. The molecule has 1 atom stereocenters. The summed E-state index contributed by atoms with van der Waals surface area (Å²) in [4.78, 5) is 31.0. The minimum atomic E-state index is -0.114. The zero-order valence-corrected chi connectivity index (χ0v) is 22.5. The molecule has 7 heteroatoms. The van der Waals surface area contributed by atoms with E-state index in [-0.39, 0.29) is 11.8 Å². The second-order valence-corrected chi connectivity index (χ2v) is 11.1. The van der Waals surface area contributed by atoms with E-state index in [1.54, 1.807) is 4.90 Å². The lowest BCUT2D eigenvalue weighted by Gasteiger charge is -2.21. The Kier molecular flexibility index (Phi) is 9.38. The van der Waals surface area contributed by atoms with E-state index in [0.29, 0.717) is 33.8 Å². The van der Waals surface area contributed by atoms with Gasteiger partial charge in [0.05, 0.1) is 16.2 Å². The van der Waals surface area contributed by atoms with Gasteiger partial charge in [0, 0.05) is 23.1 Å². The van der Waals surface area contributed by atoms with E-state index >= 15 is 0 Å². The zero-order chi connectivity index (χ0) is 23.3. The van der Waals surface area contributed by atoms with Crippen LogP contribution in [0.3, 0.4) is 0 Å². The molecule has 1 fully saturated rings. The normalized spacial score (nSPS) is 19.3. The lowest BCUT2D eigenvalue weighted by atomic mass is 9.98. The van der Waals surface area contributed by atoms with Crippen LogP contribution in [-0.4, -0.2) is 34.1 Å². The average Bonchev–Trinajstić information content (AvgIpc) is 3.20. The fraction of sp³-hybridized carbons (Fsp3) is 0.560. The second-order valence-electron chi connectivity index (χ2n) is 8.58. The molecular formula is C25H33BrN2O2S2. The van der Waals surface area contributed by atoms with Crippen molar-refractivity contribution in [1.82, 2.24) is 4.90 Å². The third-order valence-corrected chi connectivity index (χ3v) is 8.21. The summed E-state index contributed by atoms with van der Waals surface area (Å²) in [6.45, 7) is 7.84. The van der Waals surface area contributed by atoms with E-state index < -0.39 is 0 Å². The largest absolute Gasteiger partial charge is 0.308 e. The second kappa shape index (κ2) is 11.8. The number of thiocarbonyl (C=S) groups is 1. The van der Waals surface area contributed by atoms with Crippen LogP contribution in [0.1, 0.15) is 77.7 Å². The quantitative estimate of drug-likeness (QED) is 0.171. The van der Waals surface area contributed by atoms with Crippen LogP contribution in [0.4, 0.5) is 5.69 Å². The SMILES string of the molecule is CCCCCCN1C(=O)/C(=C2\SC(=S)N(C[C@@H](CC)CCCC)C2=O)c2cc(Br)ccc21. The Labute approximate surface area is 210 Å². The Morgan fingerprint density at radius 1 is 1.00 bits per heavy atom. The lowest BCUT2D eigenvalue weighted by Crippen LogP contribution is -2.33. The number of anilines is 1. The number of unbranched alkanes of at least 4 members (excludes halogenated alkanes) is 4. The summed E-state index contributed by atoms with van der Waals surface area (Å²) in [5.41, 5.74) is 2.24. The maximum absolute atomic E-state index is 13.5. The molecule has 2 heterocycles. The number of rotatable bonds is 11. The number of fused-ring (bicyclic) bond motifs is 1. The van der Waals surface area contributed by atoms with E-state index in [1.165, 1.54) is 11.8 Å². The van der Waals surface area contributed by atoms with E-state index in [9.17, 15) is 9.59 Å². The smallest absolute Gasteiger partial charge is 0.267 e. The van der Waals surface area contributed by atoms with Gasteiger partial charge < -0.3 is 4.90 Å². The van der Waals surface area contributed by atoms with Gasteiger partial charge in [0.2, 0.25) is 0 Å². The van der Waals surface area contributed by atoms with Crippen molar-refractivity contribution in [2.45, 2.75) is 72.1 Å². The van der Waals surface area contributed by atoms with Gasteiger partial charge in [-0.25, -0.2) is 0 Å². The molecule has 4 nitrogen and oxygen atoms in total. The number of nitrogens with zero attached hydrogens (tertiary/aromatic N) is 2. The Balaban J connectivity index is 1.90. The van der Waals surface area contributed by atoms with Gasteiger partial charge in [-0.05, 0) is 37.0 Å². The van der Waals surface area contributed by atoms with Crippen molar-refractivity contribution >= 4 is 67.3 Å². The van der Waals surface area contributed by atoms with Crippen LogP contribution in [0.15, 0.2) is 27.6 Å². The molecule has 1 aromatic rings. The lowest BCUT2D eigenvalue weighted by molar-refractivity contribution is -0.123. The maximum Gasteiger partial charge on any atom is 0.267 e. The summed E-state index contributed by atoms with van der Waals surface area (Å²) in [5.74, 6) is 0.239. The number of benzene rings is 1. The Hall–Kier alpha value is -1.18. The predicted octanol–water partition coefficient (Wildman–Crippen LogP) is 7.16. The highest BCUT2D eigenvalue weighted by Crippen LogP contribution is 2.45. The fourth-order valence-corrected chi connectivity index (χ4v) is 6.03. The van der Waals surface area contributed by atoms with Gasteiger partial charge in [-0.2, -0.15) is 0 Å². The van der Waals surface area contributed by atoms with Gasteiger partial charge in [-0.1, -0.05) is 99.2 Å². The molecule has 0 aromatic heterocycles. The highest BCUT2D eigenvalue weighted by atomic mass is 79.9. The van der Waals surface area contributed by atoms with E-state index in [1.807, 2.05) is 23.1 Å². The fourth-order valence-electron chi connectivity index (χ4n) is 4.32. The predicted molar refractivity (Wildman–Crippen MR) is 143 cm³/mol. The first-order valence-corrected chi connectivity index (χ1v) is 13.8.